The Morgan fingerprint density at radius 2 is 1.25 bits per heavy atom. The van der Waals surface area contributed by atoms with Crippen molar-refractivity contribution in [3.63, 3.8) is 0 Å². The van der Waals surface area contributed by atoms with Gasteiger partial charge in [-0.2, -0.15) is 0 Å². The van der Waals surface area contributed by atoms with Crippen LogP contribution in [0.25, 0.3) is 0 Å². The Labute approximate surface area is 55.8 Å². The van der Waals surface area contributed by atoms with E-state index in [1.165, 1.54) is 0 Å². The van der Waals surface area contributed by atoms with Gasteiger partial charge in [-0.25, -0.2) is 0 Å². The molecule has 0 aromatic rings. The summed E-state index contributed by atoms with van der Waals surface area (Å²) < 4.78 is 12.0. The van der Waals surface area contributed by atoms with Crippen LogP contribution in [0.5, 0.6) is 0 Å². The van der Waals surface area contributed by atoms with Crippen molar-refractivity contribution in [3.05, 3.63) is 0 Å². The molecule has 8 heavy (non-hydrogen) atoms. The fraction of sp³-hybridized carbons (Fsp3) is 1.00. The average Bonchev–Trinajstić information content (AvgIpc) is 1.64. The van der Waals surface area contributed by atoms with Crippen LogP contribution in [-0.4, -0.2) is 14.3 Å². The van der Waals surface area contributed by atoms with Crippen LogP contribution in [0, 0.1) is 0 Å². The first-order valence-electron chi connectivity index (χ1n) is 3.09. The van der Waals surface area contributed by atoms with Gasteiger partial charge in [-0.05, 0) is 0 Å². The van der Waals surface area contributed by atoms with E-state index in [1.54, 1.807) is 0 Å². The van der Waals surface area contributed by atoms with E-state index < -0.39 is 14.3 Å². The molecule has 0 aromatic carbocycles. The molecule has 0 N–H and O–H groups in total. The molecule has 0 saturated carbocycles. The zero-order valence-corrected chi connectivity index (χ0v) is 8.16. The Kier molecular flexibility index (Phi) is 3.53. The Hall–Kier alpha value is 0.343. The van der Waals surface area contributed by atoms with Gasteiger partial charge in [-0.15, -0.1) is 0 Å². The van der Waals surface area contributed by atoms with Crippen LogP contribution in [0.15, 0.2) is 0 Å². The van der Waals surface area contributed by atoms with Gasteiger partial charge in [0.25, 0.3) is 0 Å². The van der Waals surface area contributed by atoms with Crippen molar-refractivity contribution in [2.24, 2.45) is 0 Å². The normalized spacial score (nSPS) is 10.8. The summed E-state index contributed by atoms with van der Waals surface area (Å²) in [6, 6.07) is 0. The second-order valence-corrected chi connectivity index (χ2v) is 9.25. The Morgan fingerprint density at radius 3 is 1.25 bits per heavy atom. The molecule has 2 heteroatoms. The van der Waals surface area contributed by atoms with Gasteiger partial charge < -0.3 is 0 Å². The van der Waals surface area contributed by atoms with E-state index in [0.29, 0.717) is 9.50 Å². The number of hydrogen-bond acceptors (Lipinski definition) is 1. The van der Waals surface area contributed by atoms with Gasteiger partial charge >= 0.3 is 55.3 Å². The van der Waals surface area contributed by atoms with Crippen molar-refractivity contribution in [1.29, 1.82) is 0 Å². The molecule has 0 amide bonds. The van der Waals surface area contributed by atoms with Crippen LogP contribution in [0.3, 0.4) is 0 Å². The molecule has 0 aliphatic carbocycles. The molecule has 0 spiro atoms. The fourth-order valence-electron chi connectivity index (χ4n) is 0.667. The molecule has 0 aromatic heterocycles. The van der Waals surface area contributed by atoms with Crippen molar-refractivity contribution in [2.45, 2.75) is 37.2 Å². The summed E-state index contributed by atoms with van der Waals surface area (Å²) in [7, 11) is 0. The maximum atomic E-state index is 11.1. The van der Waals surface area contributed by atoms with Crippen LogP contribution < -0.4 is 0 Å². The predicted molar refractivity (Wildman–Crippen MR) is 36.6 cm³/mol. The van der Waals surface area contributed by atoms with Crippen molar-refractivity contribution in [1.82, 2.24) is 0 Å². The summed E-state index contributed by atoms with van der Waals surface area (Å²) in [6.45, 7) is 8.18. The summed E-state index contributed by atoms with van der Waals surface area (Å²) in [5, 5.41) is 0. The van der Waals surface area contributed by atoms with Gasteiger partial charge in [0.2, 0.25) is 0 Å². The molecule has 0 aliphatic heterocycles. The molecule has 48 valence electrons. The molecule has 0 unspecified atom stereocenters. The van der Waals surface area contributed by atoms with Gasteiger partial charge in [0.05, 0.1) is 0 Å². The van der Waals surface area contributed by atoms with Crippen LogP contribution >= 0.6 is 0 Å². The third-order valence-corrected chi connectivity index (χ3v) is 5.91. The molecule has 0 bridgehead atoms. The molecule has 0 rings (SSSR count). The van der Waals surface area contributed by atoms with E-state index in [-0.39, 0.29) is 0 Å². The fourth-order valence-corrected chi connectivity index (χ4v) is 3.46. The second kappa shape index (κ2) is 3.38. The molecular weight excluding hydrogens is 161 g/mol. The van der Waals surface area contributed by atoms with Gasteiger partial charge in [-0.3, -0.25) is 0 Å². The summed E-state index contributed by atoms with van der Waals surface area (Å²) >= 11 is -1.84. The molecule has 0 atom stereocenters. The molecule has 0 fully saturated rings. The van der Waals surface area contributed by atoms with Crippen LogP contribution in [0.2, 0.25) is 9.50 Å². The first kappa shape index (κ1) is 8.34. The maximum absolute atomic E-state index is 11.1. The molecular formula is C6H14GeO. The topological polar surface area (TPSA) is 17.1 Å². The van der Waals surface area contributed by atoms with E-state index >= 15 is 0 Å². The van der Waals surface area contributed by atoms with E-state index in [9.17, 15) is 3.78 Å². The van der Waals surface area contributed by atoms with Gasteiger partial charge in [0.15, 0.2) is 0 Å². The van der Waals surface area contributed by atoms with E-state index in [4.69, 9.17) is 0 Å². The molecule has 0 aliphatic rings. The van der Waals surface area contributed by atoms with Crippen LogP contribution in [0.1, 0.15) is 27.7 Å². The van der Waals surface area contributed by atoms with Crippen LogP contribution in [-0.2, 0) is 3.78 Å². The second-order valence-electron chi connectivity index (χ2n) is 2.71. The van der Waals surface area contributed by atoms with E-state index in [1.807, 2.05) is 27.7 Å². The van der Waals surface area contributed by atoms with Gasteiger partial charge in [0.1, 0.15) is 0 Å². The summed E-state index contributed by atoms with van der Waals surface area (Å²) in [5.74, 6) is 0. The SMILES string of the molecule is C[CH](C)[Ge](=[O])[CH](C)C. The first-order valence-corrected chi connectivity index (χ1v) is 6.37. The summed E-state index contributed by atoms with van der Waals surface area (Å²) in [4.78, 5) is 0. The molecule has 1 nitrogen and oxygen atoms in total. The summed E-state index contributed by atoms with van der Waals surface area (Å²) in [5.41, 5.74) is 0. The quantitative estimate of drug-likeness (QED) is 0.587. The standard InChI is InChI=1S/C6H14GeO/c1-5(2)7(8)6(3)4/h5-6H,1-4H3. The van der Waals surface area contributed by atoms with Crippen molar-refractivity contribution in [2.75, 3.05) is 0 Å². The molecule has 0 saturated heterocycles. The van der Waals surface area contributed by atoms with Crippen molar-refractivity contribution < 1.29 is 3.78 Å². The van der Waals surface area contributed by atoms with E-state index in [2.05, 4.69) is 0 Å². The van der Waals surface area contributed by atoms with E-state index in [0.717, 1.165) is 0 Å². The molecule has 0 radical (unpaired) electrons. The van der Waals surface area contributed by atoms with Gasteiger partial charge in [0, 0.05) is 0 Å². The number of rotatable bonds is 2. The minimum absolute atomic E-state index is 0.454. The Morgan fingerprint density at radius 1 is 1.00 bits per heavy atom. The minimum atomic E-state index is -1.84. The van der Waals surface area contributed by atoms with Crippen LogP contribution in [0.4, 0.5) is 0 Å². The van der Waals surface area contributed by atoms with Gasteiger partial charge in [-0.1, -0.05) is 0 Å². The zero-order valence-electron chi connectivity index (χ0n) is 6.06. The van der Waals surface area contributed by atoms with Crippen molar-refractivity contribution >= 4 is 14.3 Å². The Bertz CT molecular complexity index is 76.5. The number of hydrogen-bond donors (Lipinski definition) is 0. The Balaban J connectivity index is 3.65. The zero-order chi connectivity index (χ0) is 6.73. The monoisotopic (exact) mass is 176 g/mol. The third kappa shape index (κ3) is 2.60. The summed E-state index contributed by atoms with van der Waals surface area (Å²) in [6.07, 6.45) is 0. The van der Waals surface area contributed by atoms with Crippen molar-refractivity contribution in [3.8, 4) is 0 Å². The average molecular weight is 175 g/mol. The third-order valence-electron chi connectivity index (χ3n) is 1.14. The molecule has 0 heterocycles. The predicted octanol–water partition coefficient (Wildman–Crippen LogP) is 2.23. The first-order chi connectivity index (χ1) is 3.55.